The molecule has 0 fully saturated rings. The zero-order valence-electron chi connectivity index (χ0n) is 18.1. The van der Waals surface area contributed by atoms with E-state index in [0.717, 1.165) is 6.42 Å². The fourth-order valence-electron chi connectivity index (χ4n) is 2.83. The number of carbonyl (C=O) groups excluding carboxylic acids is 2. The van der Waals surface area contributed by atoms with Crippen molar-refractivity contribution in [3.8, 4) is 17.2 Å². The van der Waals surface area contributed by atoms with Gasteiger partial charge in [-0.3, -0.25) is 4.79 Å². The molecule has 0 aliphatic rings. The summed E-state index contributed by atoms with van der Waals surface area (Å²) < 4.78 is 21.3. The van der Waals surface area contributed by atoms with Gasteiger partial charge in [-0.25, -0.2) is 4.79 Å². The van der Waals surface area contributed by atoms with Gasteiger partial charge in [0.1, 0.15) is 0 Å². The first-order valence-electron chi connectivity index (χ1n) is 9.73. The maximum Gasteiger partial charge on any atom is 0.333 e. The summed E-state index contributed by atoms with van der Waals surface area (Å²) in [7, 11) is 4.43. The summed E-state index contributed by atoms with van der Waals surface area (Å²) in [4.78, 5) is 25.7. The molecule has 30 heavy (non-hydrogen) atoms. The summed E-state index contributed by atoms with van der Waals surface area (Å²) in [6, 6.07) is 11.1. The van der Waals surface area contributed by atoms with Crippen LogP contribution >= 0.6 is 0 Å². The van der Waals surface area contributed by atoms with Crippen molar-refractivity contribution in [1.82, 2.24) is 5.32 Å². The van der Waals surface area contributed by atoms with Gasteiger partial charge in [-0.1, -0.05) is 44.2 Å². The lowest BCUT2D eigenvalue weighted by Crippen LogP contribution is -2.35. The van der Waals surface area contributed by atoms with Crippen LogP contribution in [0.5, 0.6) is 17.2 Å². The number of benzene rings is 2. The number of esters is 1. The van der Waals surface area contributed by atoms with Gasteiger partial charge in [0.25, 0.3) is 5.91 Å². The highest BCUT2D eigenvalue weighted by molar-refractivity contribution is 5.98. The molecule has 0 spiro atoms. The van der Waals surface area contributed by atoms with Crippen LogP contribution in [0.15, 0.2) is 42.5 Å². The maximum atomic E-state index is 13.0. The number of amides is 1. The van der Waals surface area contributed by atoms with Gasteiger partial charge in [0.15, 0.2) is 17.5 Å². The van der Waals surface area contributed by atoms with Gasteiger partial charge in [-0.2, -0.15) is 0 Å². The number of ether oxygens (including phenoxy) is 4. The van der Waals surface area contributed by atoms with Crippen molar-refractivity contribution < 1.29 is 28.5 Å². The molecule has 0 aliphatic carbocycles. The van der Waals surface area contributed by atoms with Gasteiger partial charge in [0.05, 0.1) is 27.9 Å². The van der Waals surface area contributed by atoms with E-state index in [1.54, 1.807) is 24.3 Å². The summed E-state index contributed by atoms with van der Waals surface area (Å²) in [6.45, 7) is 4.39. The van der Waals surface area contributed by atoms with Crippen molar-refractivity contribution in [2.45, 2.75) is 26.3 Å². The van der Waals surface area contributed by atoms with E-state index in [0.29, 0.717) is 35.3 Å². The Kier molecular flexibility index (Phi) is 8.53. The average molecular weight is 415 g/mol. The van der Waals surface area contributed by atoms with Gasteiger partial charge in [0.2, 0.25) is 5.75 Å². The maximum absolute atomic E-state index is 13.0. The topological polar surface area (TPSA) is 83.1 Å². The van der Waals surface area contributed by atoms with Gasteiger partial charge < -0.3 is 24.3 Å². The predicted octanol–water partition coefficient (Wildman–Crippen LogP) is 3.77. The van der Waals surface area contributed by atoms with Gasteiger partial charge in [-0.05, 0) is 30.0 Å². The van der Waals surface area contributed by atoms with Crippen LogP contribution in [0.3, 0.4) is 0 Å². The van der Waals surface area contributed by atoms with E-state index in [1.165, 1.54) is 33.5 Å². The monoisotopic (exact) mass is 415 g/mol. The molecule has 2 aromatic rings. The van der Waals surface area contributed by atoms with Crippen LogP contribution in [-0.4, -0.2) is 39.8 Å². The molecule has 0 heterocycles. The van der Waals surface area contributed by atoms with Gasteiger partial charge in [0, 0.05) is 5.56 Å². The molecule has 2 aromatic carbocycles. The Morgan fingerprint density at radius 2 is 1.53 bits per heavy atom. The van der Waals surface area contributed by atoms with Crippen LogP contribution in [0.25, 0.3) is 0 Å². The van der Waals surface area contributed by atoms with E-state index in [1.807, 2.05) is 6.07 Å². The van der Waals surface area contributed by atoms with E-state index in [9.17, 15) is 9.59 Å². The lowest BCUT2D eigenvalue weighted by Gasteiger charge is -2.19. The number of carbonyl (C=O) groups is 2. The number of hydrogen-bond donors (Lipinski definition) is 1. The third-order valence-corrected chi connectivity index (χ3v) is 4.51. The van der Waals surface area contributed by atoms with E-state index in [-0.39, 0.29) is 5.56 Å². The molecule has 162 valence electrons. The highest BCUT2D eigenvalue weighted by Crippen LogP contribution is 2.38. The third kappa shape index (κ3) is 5.89. The second-order valence-corrected chi connectivity index (χ2v) is 7.08. The fourth-order valence-corrected chi connectivity index (χ4v) is 2.83. The summed E-state index contributed by atoms with van der Waals surface area (Å²) >= 11 is 0. The second kappa shape index (κ2) is 11.1. The molecular formula is C23H29NO6. The van der Waals surface area contributed by atoms with Crippen LogP contribution < -0.4 is 19.5 Å². The highest BCUT2D eigenvalue weighted by atomic mass is 16.5. The molecule has 0 bridgehead atoms. The zero-order valence-corrected chi connectivity index (χ0v) is 18.1. The van der Waals surface area contributed by atoms with Crippen molar-refractivity contribution in [2.24, 2.45) is 5.92 Å². The molecular weight excluding hydrogens is 386 g/mol. The minimum absolute atomic E-state index is 0.264. The first kappa shape index (κ1) is 23.1. The van der Waals surface area contributed by atoms with E-state index in [4.69, 9.17) is 18.9 Å². The molecule has 7 nitrogen and oxygen atoms in total. The molecule has 1 amide bonds. The Hall–Kier alpha value is -3.22. The Bertz CT molecular complexity index is 825. The smallest absolute Gasteiger partial charge is 0.333 e. The van der Waals surface area contributed by atoms with E-state index in [2.05, 4.69) is 19.2 Å². The fraction of sp³-hybridized carbons (Fsp3) is 0.391. The number of rotatable bonds is 10. The first-order chi connectivity index (χ1) is 14.4. The number of methoxy groups -OCH3 is 3. The molecule has 0 aliphatic heterocycles. The Labute approximate surface area is 177 Å². The van der Waals surface area contributed by atoms with E-state index >= 15 is 0 Å². The zero-order chi connectivity index (χ0) is 22.1. The van der Waals surface area contributed by atoms with Crippen molar-refractivity contribution >= 4 is 11.9 Å². The second-order valence-electron chi connectivity index (χ2n) is 7.08. The Balaban J connectivity index is 2.29. The van der Waals surface area contributed by atoms with Crippen LogP contribution in [-0.2, 0) is 9.53 Å². The summed E-state index contributed by atoms with van der Waals surface area (Å²) in [5, 5.41) is 2.76. The first-order valence-corrected chi connectivity index (χ1v) is 9.73. The minimum atomic E-state index is -0.940. The SMILES string of the molecule is COc1cc(C(=O)N[C@H](C(=O)OCCC(C)C)c2ccccc2)cc(OC)c1OC. The van der Waals surface area contributed by atoms with Crippen LogP contribution in [0.1, 0.15) is 42.2 Å². The van der Waals surface area contributed by atoms with Crippen LogP contribution in [0, 0.1) is 5.92 Å². The van der Waals surface area contributed by atoms with Crippen molar-refractivity contribution in [3.05, 3.63) is 53.6 Å². The van der Waals surface area contributed by atoms with Crippen LogP contribution in [0.2, 0.25) is 0 Å². The molecule has 0 saturated heterocycles. The molecule has 0 aromatic heterocycles. The lowest BCUT2D eigenvalue weighted by molar-refractivity contribution is -0.146. The van der Waals surface area contributed by atoms with Crippen molar-refractivity contribution in [2.75, 3.05) is 27.9 Å². The molecule has 1 N–H and O–H groups in total. The molecule has 0 radical (unpaired) electrons. The molecule has 0 saturated carbocycles. The Morgan fingerprint density at radius 1 is 0.933 bits per heavy atom. The predicted molar refractivity (Wildman–Crippen MR) is 113 cm³/mol. The summed E-state index contributed by atoms with van der Waals surface area (Å²) in [5.74, 6) is 0.494. The van der Waals surface area contributed by atoms with Crippen molar-refractivity contribution in [1.29, 1.82) is 0 Å². The van der Waals surface area contributed by atoms with Gasteiger partial charge >= 0.3 is 5.97 Å². The quantitative estimate of drug-likeness (QED) is 0.595. The normalized spacial score (nSPS) is 11.5. The lowest BCUT2D eigenvalue weighted by atomic mass is 10.1. The highest BCUT2D eigenvalue weighted by Gasteiger charge is 2.26. The number of nitrogens with one attached hydrogen (secondary N) is 1. The molecule has 2 rings (SSSR count). The summed E-state index contributed by atoms with van der Waals surface area (Å²) in [5.41, 5.74) is 0.897. The summed E-state index contributed by atoms with van der Waals surface area (Å²) in [6.07, 6.45) is 0.744. The largest absolute Gasteiger partial charge is 0.493 e. The Morgan fingerprint density at radius 3 is 2.03 bits per heavy atom. The standard InChI is InChI=1S/C23H29NO6/c1-15(2)11-12-30-23(26)20(16-9-7-6-8-10-16)24-22(25)17-13-18(27-3)21(29-5)19(14-17)28-4/h6-10,13-15,20H,11-12H2,1-5H3,(H,24,25)/t20-/m0/s1. The third-order valence-electron chi connectivity index (χ3n) is 4.51. The molecule has 0 unspecified atom stereocenters. The van der Waals surface area contributed by atoms with Crippen molar-refractivity contribution in [3.63, 3.8) is 0 Å². The average Bonchev–Trinajstić information content (AvgIpc) is 2.76. The molecule has 7 heteroatoms. The number of hydrogen-bond acceptors (Lipinski definition) is 6. The van der Waals surface area contributed by atoms with E-state index < -0.39 is 17.9 Å². The van der Waals surface area contributed by atoms with Gasteiger partial charge in [-0.15, -0.1) is 0 Å². The molecule has 1 atom stereocenters. The minimum Gasteiger partial charge on any atom is -0.493 e. The van der Waals surface area contributed by atoms with Crippen LogP contribution in [0.4, 0.5) is 0 Å².